The Labute approximate surface area is 114 Å². The van der Waals surface area contributed by atoms with E-state index >= 15 is 0 Å². The van der Waals surface area contributed by atoms with Crippen molar-refractivity contribution in [2.24, 2.45) is 12.8 Å². The van der Waals surface area contributed by atoms with Gasteiger partial charge in [-0.25, -0.2) is 4.68 Å². The summed E-state index contributed by atoms with van der Waals surface area (Å²) in [5, 5.41) is 11.7. The van der Waals surface area contributed by atoms with Crippen molar-refractivity contribution in [1.29, 1.82) is 0 Å². The van der Waals surface area contributed by atoms with Gasteiger partial charge >= 0.3 is 0 Å². The minimum Gasteiger partial charge on any atom is -0.338 e. The van der Waals surface area contributed by atoms with Crippen LogP contribution in [0.2, 0.25) is 0 Å². The highest BCUT2D eigenvalue weighted by molar-refractivity contribution is 5.27. The molecule has 0 saturated carbocycles. The van der Waals surface area contributed by atoms with E-state index in [1.807, 2.05) is 7.05 Å². The standard InChI is InChI=1S/C12H25N7/c1-17-12(14-15-16-17)19-9-5-8-18(10-11-19)7-4-2-3-6-13/h2-11,13H2,1H3. The van der Waals surface area contributed by atoms with Gasteiger partial charge in [-0.15, -0.1) is 0 Å². The van der Waals surface area contributed by atoms with Crippen LogP contribution >= 0.6 is 0 Å². The van der Waals surface area contributed by atoms with E-state index in [-0.39, 0.29) is 0 Å². The number of unbranched alkanes of at least 4 members (excludes halogenated alkanes) is 2. The lowest BCUT2D eigenvalue weighted by Gasteiger charge is -2.21. The van der Waals surface area contributed by atoms with Gasteiger partial charge in [0.05, 0.1) is 0 Å². The van der Waals surface area contributed by atoms with Crippen molar-refractivity contribution >= 4 is 5.95 Å². The Kier molecular flexibility index (Phi) is 5.53. The predicted octanol–water partition coefficient (Wildman–Crippen LogP) is -0.149. The van der Waals surface area contributed by atoms with Crippen LogP contribution in [-0.4, -0.2) is 64.4 Å². The van der Waals surface area contributed by atoms with Crippen LogP contribution in [0.25, 0.3) is 0 Å². The normalized spacial score (nSPS) is 17.7. The minimum atomic E-state index is 0.812. The maximum Gasteiger partial charge on any atom is 0.245 e. The van der Waals surface area contributed by atoms with E-state index in [2.05, 4.69) is 25.3 Å². The lowest BCUT2D eigenvalue weighted by Crippen LogP contribution is -2.32. The summed E-state index contributed by atoms with van der Waals surface area (Å²) >= 11 is 0. The van der Waals surface area contributed by atoms with Crippen molar-refractivity contribution in [2.75, 3.05) is 44.2 Å². The van der Waals surface area contributed by atoms with Crippen LogP contribution in [0.4, 0.5) is 5.95 Å². The monoisotopic (exact) mass is 267 g/mol. The predicted molar refractivity (Wildman–Crippen MR) is 75.0 cm³/mol. The molecule has 0 atom stereocenters. The maximum absolute atomic E-state index is 5.52. The molecule has 1 saturated heterocycles. The largest absolute Gasteiger partial charge is 0.338 e. The van der Waals surface area contributed by atoms with Gasteiger partial charge < -0.3 is 15.5 Å². The molecule has 1 aliphatic rings. The number of rotatable bonds is 6. The van der Waals surface area contributed by atoms with E-state index < -0.39 is 0 Å². The lowest BCUT2D eigenvalue weighted by molar-refractivity contribution is 0.286. The number of nitrogens with two attached hydrogens (primary N) is 1. The molecule has 2 rings (SSSR count). The summed E-state index contributed by atoms with van der Waals surface area (Å²) < 4.78 is 1.75. The lowest BCUT2D eigenvalue weighted by atomic mass is 10.2. The summed E-state index contributed by atoms with van der Waals surface area (Å²) in [6.45, 7) is 6.30. The highest BCUT2D eigenvalue weighted by Gasteiger charge is 2.18. The first kappa shape index (κ1) is 14.2. The molecule has 0 unspecified atom stereocenters. The van der Waals surface area contributed by atoms with Gasteiger partial charge in [0.25, 0.3) is 0 Å². The summed E-state index contributed by atoms with van der Waals surface area (Å²) in [6.07, 6.45) is 4.81. The van der Waals surface area contributed by atoms with Gasteiger partial charge in [-0.1, -0.05) is 11.5 Å². The molecular weight excluding hydrogens is 242 g/mol. The zero-order valence-corrected chi connectivity index (χ0v) is 11.8. The van der Waals surface area contributed by atoms with E-state index in [1.54, 1.807) is 4.68 Å². The molecule has 0 aliphatic carbocycles. The highest BCUT2D eigenvalue weighted by Crippen LogP contribution is 2.11. The molecule has 2 N–H and O–H groups in total. The Balaban J connectivity index is 1.77. The maximum atomic E-state index is 5.52. The quantitative estimate of drug-likeness (QED) is 0.723. The van der Waals surface area contributed by atoms with Gasteiger partial charge in [-0.2, -0.15) is 0 Å². The van der Waals surface area contributed by atoms with E-state index in [4.69, 9.17) is 5.73 Å². The van der Waals surface area contributed by atoms with Crippen molar-refractivity contribution in [3.8, 4) is 0 Å². The molecular formula is C12H25N7. The third-order valence-electron chi connectivity index (χ3n) is 3.65. The molecule has 2 heterocycles. The second kappa shape index (κ2) is 7.40. The SMILES string of the molecule is Cn1nnnc1N1CCCN(CCCCCN)CC1. The number of tetrazole rings is 1. The summed E-state index contributed by atoms with van der Waals surface area (Å²) in [6, 6.07) is 0. The highest BCUT2D eigenvalue weighted by atomic mass is 15.6. The fourth-order valence-electron chi connectivity index (χ4n) is 2.54. The Hall–Kier alpha value is -1.21. The van der Waals surface area contributed by atoms with Crippen LogP contribution in [0.5, 0.6) is 0 Å². The van der Waals surface area contributed by atoms with Crippen molar-refractivity contribution in [3.05, 3.63) is 0 Å². The summed E-state index contributed by atoms with van der Waals surface area (Å²) in [5.74, 6) is 0.880. The van der Waals surface area contributed by atoms with Crippen LogP contribution in [0.15, 0.2) is 0 Å². The zero-order chi connectivity index (χ0) is 13.5. The van der Waals surface area contributed by atoms with Crippen molar-refractivity contribution in [1.82, 2.24) is 25.1 Å². The molecule has 0 spiro atoms. The minimum absolute atomic E-state index is 0.812. The molecule has 0 bridgehead atoms. The van der Waals surface area contributed by atoms with Crippen molar-refractivity contribution < 1.29 is 0 Å². The Bertz CT molecular complexity index is 365. The molecule has 1 aromatic heterocycles. The van der Waals surface area contributed by atoms with Gasteiger partial charge in [-0.3, -0.25) is 0 Å². The first-order valence-corrected chi connectivity index (χ1v) is 7.21. The van der Waals surface area contributed by atoms with E-state index in [9.17, 15) is 0 Å². The Morgan fingerprint density at radius 3 is 2.74 bits per heavy atom. The first-order chi connectivity index (χ1) is 9.31. The average Bonchev–Trinajstić information content (AvgIpc) is 2.71. The topological polar surface area (TPSA) is 76.1 Å². The molecule has 0 aromatic carbocycles. The van der Waals surface area contributed by atoms with Crippen LogP contribution < -0.4 is 10.6 Å². The summed E-state index contributed by atoms with van der Waals surface area (Å²) in [7, 11) is 1.89. The molecule has 0 radical (unpaired) electrons. The molecule has 1 aromatic rings. The molecule has 7 heteroatoms. The van der Waals surface area contributed by atoms with Gasteiger partial charge in [-0.05, 0) is 49.3 Å². The fraction of sp³-hybridized carbons (Fsp3) is 0.917. The number of hydrogen-bond donors (Lipinski definition) is 1. The summed E-state index contributed by atoms with van der Waals surface area (Å²) in [5.41, 5.74) is 5.52. The molecule has 19 heavy (non-hydrogen) atoms. The van der Waals surface area contributed by atoms with E-state index in [0.717, 1.165) is 38.5 Å². The Morgan fingerprint density at radius 1 is 1.11 bits per heavy atom. The smallest absolute Gasteiger partial charge is 0.245 e. The first-order valence-electron chi connectivity index (χ1n) is 7.21. The average molecular weight is 267 g/mol. The van der Waals surface area contributed by atoms with Crippen LogP contribution in [0.1, 0.15) is 25.7 Å². The van der Waals surface area contributed by atoms with E-state index in [1.165, 1.54) is 32.4 Å². The third kappa shape index (κ3) is 4.14. The number of aryl methyl sites for hydroxylation is 1. The molecule has 108 valence electrons. The third-order valence-corrected chi connectivity index (χ3v) is 3.65. The molecule has 0 amide bonds. The van der Waals surface area contributed by atoms with Crippen LogP contribution in [0, 0.1) is 0 Å². The number of nitrogens with zero attached hydrogens (tertiary/aromatic N) is 6. The van der Waals surface area contributed by atoms with Crippen LogP contribution in [0.3, 0.4) is 0 Å². The van der Waals surface area contributed by atoms with Crippen molar-refractivity contribution in [3.63, 3.8) is 0 Å². The number of anilines is 1. The summed E-state index contributed by atoms with van der Waals surface area (Å²) in [4.78, 5) is 4.82. The van der Waals surface area contributed by atoms with Crippen molar-refractivity contribution in [2.45, 2.75) is 25.7 Å². The fourth-order valence-corrected chi connectivity index (χ4v) is 2.54. The molecule has 7 nitrogen and oxygen atoms in total. The second-order valence-electron chi connectivity index (χ2n) is 5.13. The van der Waals surface area contributed by atoms with Gasteiger partial charge in [0, 0.05) is 26.7 Å². The van der Waals surface area contributed by atoms with Gasteiger partial charge in [0.1, 0.15) is 0 Å². The number of aromatic nitrogens is 4. The van der Waals surface area contributed by atoms with Gasteiger partial charge in [0.2, 0.25) is 5.95 Å². The zero-order valence-electron chi connectivity index (χ0n) is 11.8. The van der Waals surface area contributed by atoms with Gasteiger partial charge in [0.15, 0.2) is 0 Å². The van der Waals surface area contributed by atoms with E-state index in [0.29, 0.717) is 0 Å². The molecule has 1 fully saturated rings. The second-order valence-corrected chi connectivity index (χ2v) is 5.13. The molecule has 1 aliphatic heterocycles. The Morgan fingerprint density at radius 2 is 2.00 bits per heavy atom. The van der Waals surface area contributed by atoms with Crippen LogP contribution in [-0.2, 0) is 7.05 Å². The number of hydrogen-bond acceptors (Lipinski definition) is 6.